The molecule has 0 radical (unpaired) electrons. The molecule has 0 saturated heterocycles. The van der Waals surface area contributed by atoms with Crippen LogP contribution in [0, 0.1) is 5.92 Å². The number of benzene rings is 1. The lowest BCUT2D eigenvalue weighted by Gasteiger charge is -2.27. The molecule has 0 bridgehead atoms. The van der Waals surface area contributed by atoms with E-state index in [-0.39, 0.29) is 17.5 Å². The molecule has 0 aliphatic heterocycles. The van der Waals surface area contributed by atoms with Crippen molar-refractivity contribution < 1.29 is 10.2 Å². The summed E-state index contributed by atoms with van der Waals surface area (Å²) in [7, 11) is 0. The van der Waals surface area contributed by atoms with E-state index in [9.17, 15) is 10.2 Å². The number of phenols is 2. The Morgan fingerprint density at radius 1 is 0.950 bits per heavy atom. The molecule has 1 aliphatic carbocycles. The highest BCUT2D eigenvalue weighted by Gasteiger charge is 2.21. The third kappa shape index (κ3) is 4.14. The van der Waals surface area contributed by atoms with Crippen LogP contribution in [0.15, 0.2) is 18.2 Å². The van der Waals surface area contributed by atoms with Crippen molar-refractivity contribution in [3.05, 3.63) is 23.8 Å². The van der Waals surface area contributed by atoms with Gasteiger partial charge in [-0.1, -0.05) is 25.7 Å². The second-order valence-corrected chi connectivity index (χ2v) is 6.21. The lowest BCUT2D eigenvalue weighted by molar-refractivity contribution is 0.316. The molecule has 1 unspecified atom stereocenters. The van der Waals surface area contributed by atoms with E-state index in [1.807, 2.05) is 0 Å². The molecule has 0 amide bonds. The van der Waals surface area contributed by atoms with Gasteiger partial charge in [0, 0.05) is 18.2 Å². The maximum absolute atomic E-state index is 9.58. The van der Waals surface area contributed by atoms with E-state index in [1.54, 1.807) is 12.1 Å². The minimum atomic E-state index is 0.121. The molecule has 2 rings (SSSR count). The van der Waals surface area contributed by atoms with Crippen LogP contribution in [0.25, 0.3) is 0 Å². The average Bonchev–Trinajstić information content (AvgIpc) is 2.66. The molecule has 1 fully saturated rings. The first-order valence-electron chi connectivity index (χ1n) is 7.85. The molecular formula is C17H27NO2. The van der Waals surface area contributed by atoms with E-state index in [1.165, 1.54) is 44.6 Å². The molecule has 1 aromatic rings. The summed E-state index contributed by atoms with van der Waals surface area (Å²) < 4.78 is 0. The van der Waals surface area contributed by atoms with Gasteiger partial charge in [0.25, 0.3) is 0 Å². The van der Waals surface area contributed by atoms with E-state index in [2.05, 4.69) is 19.2 Å². The van der Waals surface area contributed by atoms with Gasteiger partial charge in [0.1, 0.15) is 11.5 Å². The molecule has 2 atom stereocenters. The van der Waals surface area contributed by atoms with E-state index in [4.69, 9.17) is 0 Å². The largest absolute Gasteiger partial charge is 0.508 e. The van der Waals surface area contributed by atoms with E-state index in [0.29, 0.717) is 6.04 Å². The zero-order chi connectivity index (χ0) is 14.5. The molecule has 1 aliphatic rings. The first-order chi connectivity index (χ1) is 9.56. The summed E-state index contributed by atoms with van der Waals surface area (Å²) in [6.07, 6.45) is 8.06. The number of nitrogens with one attached hydrogen (secondary N) is 1. The Hall–Kier alpha value is -1.22. The summed E-state index contributed by atoms with van der Waals surface area (Å²) in [6, 6.07) is 5.40. The Morgan fingerprint density at radius 2 is 1.50 bits per heavy atom. The molecule has 1 aromatic carbocycles. The predicted molar refractivity (Wildman–Crippen MR) is 82.0 cm³/mol. The highest BCUT2D eigenvalue weighted by molar-refractivity contribution is 5.37. The molecule has 3 nitrogen and oxygen atoms in total. The van der Waals surface area contributed by atoms with Gasteiger partial charge in [-0.05, 0) is 50.3 Å². The fraction of sp³-hybridized carbons (Fsp3) is 0.647. The van der Waals surface area contributed by atoms with Crippen LogP contribution >= 0.6 is 0 Å². The quantitative estimate of drug-likeness (QED) is 0.726. The zero-order valence-electron chi connectivity index (χ0n) is 12.6. The Balaban J connectivity index is 1.97. The second kappa shape index (κ2) is 6.98. The fourth-order valence-corrected chi connectivity index (χ4v) is 3.31. The smallest absolute Gasteiger partial charge is 0.119 e. The van der Waals surface area contributed by atoms with Gasteiger partial charge in [0.05, 0.1) is 0 Å². The van der Waals surface area contributed by atoms with Gasteiger partial charge in [-0.2, -0.15) is 0 Å². The van der Waals surface area contributed by atoms with Crippen molar-refractivity contribution in [2.24, 2.45) is 5.92 Å². The van der Waals surface area contributed by atoms with Gasteiger partial charge >= 0.3 is 0 Å². The van der Waals surface area contributed by atoms with Crippen LogP contribution in [0.2, 0.25) is 0 Å². The molecule has 20 heavy (non-hydrogen) atoms. The van der Waals surface area contributed by atoms with Gasteiger partial charge in [-0.3, -0.25) is 0 Å². The first kappa shape index (κ1) is 15.2. The molecule has 1 saturated carbocycles. The fourth-order valence-electron chi connectivity index (χ4n) is 3.31. The number of aromatic hydroxyl groups is 2. The van der Waals surface area contributed by atoms with Crippen molar-refractivity contribution in [3.63, 3.8) is 0 Å². The summed E-state index contributed by atoms with van der Waals surface area (Å²) in [5.41, 5.74) is 0.933. The summed E-state index contributed by atoms with van der Waals surface area (Å²) in [5, 5.41) is 22.8. The lowest BCUT2D eigenvalue weighted by atomic mass is 9.92. The van der Waals surface area contributed by atoms with Gasteiger partial charge in [-0.15, -0.1) is 0 Å². The van der Waals surface area contributed by atoms with E-state index < -0.39 is 0 Å². The summed E-state index contributed by atoms with van der Waals surface area (Å²) >= 11 is 0. The van der Waals surface area contributed by atoms with Crippen molar-refractivity contribution in [3.8, 4) is 11.5 Å². The molecule has 0 spiro atoms. The van der Waals surface area contributed by atoms with Crippen molar-refractivity contribution in [1.29, 1.82) is 0 Å². The maximum Gasteiger partial charge on any atom is 0.119 e. The Bertz CT molecular complexity index is 405. The van der Waals surface area contributed by atoms with Crippen molar-refractivity contribution in [1.82, 2.24) is 5.32 Å². The summed E-state index contributed by atoms with van der Waals surface area (Å²) in [5.74, 6) is 0.984. The average molecular weight is 277 g/mol. The van der Waals surface area contributed by atoms with Crippen molar-refractivity contribution >= 4 is 0 Å². The topological polar surface area (TPSA) is 52.5 Å². The van der Waals surface area contributed by atoms with E-state index >= 15 is 0 Å². The molecular weight excluding hydrogens is 250 g/mol. The predicted octanol–water partition coefficient (Wildman–Crippen LogP) is 4.11. The van der Waals surface area contributed by atoms with Crippen LogP contribution < -0.4 is 5.32 Å². The van der Waals surface area contributed by atoms with Crippen LogP contribution in [0.5, 0.6) is 11.5 Å². The molecule has 0 aromatic heterocycles. The Morgan fingerprint density at radius 3 is 2.05 bits per heavy atom. The lowest BCUT2D eigenvalue weighted by Crippen LogP contribution is -2.35. The van der Waals surface area contributed by atoms with Gasteiger partial charge in [-0.25, -0.2) is 0 Å². The third-order valence-electron chi connectivity index (χ3n) is 4.54. The first-order valence-corrected chi connectivity index (χ1v) is 7.85. The van der Waals surface area contributed by atoms with Gasteiger partial charge < -0.3 is 15.5 Å². The van der Waals surface area contributed by atoms with Crippen LogP contribution in [-0.2, 0) is 0 Å². The van der Waals surface area contributed by atoms with Crippen molar-refractivity contribution in [2.75, 3.05) is 0 Å². The molecule has 3 N–H and O–H groups in total. The molecule has 112 valence electrons. The Labute approximate surface area is 122 Å². The van der Waals surface area contributed by atoms with Crippen LogP contribution in [0.1, 0.15) is 64.0 Å². The minimum Gasteiger partial charge on any atom is -0.508 e. The van der Waals surface area contributed by atoms with Gasteiger partial charge in [0.15, 0.2) is 0 Å². The Kier molecular flexibility index (Phi) is 5.30. The summed E-state index contributed by atoms with van der Waals surface area (Å²) in [4.78, 5) is 0. The second-order valence-electron chi connectivity index (χ2n) is 6.21. The maximum atomic E-state index is 9.58. The summed E-state index contributed by atoms with van der Waals surface area (Å²) in [6.45, 7) is 4.34. The van der Waals surface area contributed by atoms with Crippen LogP contribution in [0.4, 0.5) is 0 Å². The standard InChI is InChI=1S/C17H27NO2/c1-12(14-7-5-3-4-6-8-14)18-13(2)15-9-16(19)11-17(20)10-15/h9-14,18-20H,3-8H2,1-2H3/t12-,13?/m1/s1. The molecule has 3 heteroatoms. The highest BCUT2D eigenvalue weighted by atomic mass is 16.3. The van der Waals surface area contributed by atoms with E-state index in [0.717, 1.165) is 11.5 Å². The monoisotopic (exact) mass is 277 g/mol. The number of rotatable bonds is 4. The number of hydrogen-bond acceptors (Lipinski definition) is 3. The number of hydrogen-bond donors (Lipinski definition) is 3. The minimum absolute atomic E-state index is 0.121. The third-order valence-corrected chi connectivity index (χ3v) is 4.54. The van der Waals surface area contributed by atoms with Crippen LogP contribution in [-0.4, -0.2) is 16.3 Å². The van der Waals surface area contributed by atoms with Gasteiger partial charge in [0.2, 0.25) is 0 Å². The van der Waals surface area contributed by atoms with Crippen LogP contribution in [0.3, 0.4) is 0 Å². The number of phenolic OH excluding ortho intramolecular Hbond substituents is 2. The van der Waals surface area contributed by atoms with Crippen molar-refractivity contribution in [2.45, 2.75) is 64.5 Å². The normalized spacial score (nSPS) is 20.3. The molecule has 0 heterocycles. The highest BCUT2D eigenvalue weighted by Crippen LogP contribution is 2.28. The SMILES string of the molecule is CC(N[C@H](C)C1CCCCCC1)c1cc(O)cc(O)c1. The zero-order valence-corrected chi connectivity index (χ0v) is 12.6.